The fraction of sp³-hybridized carbons (Fsp3) is 0.737. The standard InChI is InChI=1S/C19H29N5O3/c1-14-16(12-22(3)20-14)17(25)23-8-4-15(5-9-23)24-18(26)21(2)13-19(24)6-10-27-11-7-19/h12,15H,4-11,13H2,1-3H3. The molecule has 3 saturated heterocycles. The van der Waals surface area contributed by atoms with Gasteiger partial charge >= 0.3 is 6.03 Å². The zero-order valence-corrected chi connectivity index (χ0v) is 16.5. The summed E-state index contributed by atoms with van der Waals surface area (Å²) >= 11 is 0. The van der Waals surface area contributed by atoms with Crippen LogP contribution in [0.15, 0.2) is 6.20 Å². The summed E-state index contributed by atoms with van der Waals surface area (Å²) in [6.45, 7) is 5.44. The highest BCUT2D eigenvalue weighted by molar-refractivity contribution is 5.95. The molecule has 4 heterocycles. The predicted molar refractivity (Wildman–Crippen MR) is 99.5 cm³/mol. The molecule has 0 aliphatic carbocycles. The van der Waals surface area contributed by atoms with Crippen LogP contribution in [0.2, 0.25) is 0 Å². The molecule has 1 aromatic heterocycles. The number of urea groups is 1. The van der Waals surface area contributed by atoms with Crippen LogP contribution in [0, 0.1) is 6.92 Å². The SMILES string of the molecule is Cc1nn(C)cc1C(=O)N1CCC(N2C(=O)N(C)CC23CCOCC3)CC1. The summed E-state index contributed by atoms with van der Waals surface area (Å²) in [6, 6.07) is 0.323. The lowest BCUT2D eigenvalue weighted by molar-refractivity contribution is -0.0151. The minimum Gasteiger partial charge on any atom is -0.381 e. The van der Waals surface area contributed by atoms with Crippen molar-refractivity contribution in [3.8, 4) is 0 Å². The Hall–Kier alpha value is -2.09. The summed E-state index contributed by atoms with van der Waals surface area (Å²) in [6.07, 6.45) is 5.24. The number of aromatic nitrogens is 2. The Kier molecular flexibility index (Phi) is 4.61. The molecule has 0 N–H and O–H groups in total. The Bertz CT molecular complexity index is 732. The second kappa shape index (κ2) is 6.82. The Balaban J connectivity index is 1.46. The number of ether oxygens (including phenoxy) is 1. The molecule has 4 rings (SSSR count). The Morgan fingerprint density at radius 3 is 2.48 bits per heavy atom. The van der Waals surface area contributed by atoms with Gasteiger partial charge in [-0.15, -0.1) is 0 Å². The number of piperidine rings is 1. The van der Waals surface area contributed by atoms with E-state index >= 15 is 0 Å². The third-order valence-electron chi connectivity index (χ3n) is 6.36. The first-order chi connectivity index (χ1) is 12.9. The molecule has 0 radical (unpaired) electrons. The zero-order valence-electron chi connectivity index (χ0n) is 16.5. The van der Waals surface area contributed by atoms with Crippen LogP contribution in [-0.2, 0) is 11.8 Å². The van der Waals surface area contributed by atoms with Crippen molar-refractivity contribution in [3.05, 3.63) is 17.5 Å². The van der Waals surface area contributed by atoms with Crippen LogP contribution >= 0.6 is 0 Å². The monoisotopic (exact) mass is 375 g/mol. The van der Waals surface area contributed by atoms with E-state index in [4.69, 9.17) is 4.74 Å². The van der Waals surface area contributed by atoms with Gasteiger partial charge in [-0.2, -0.15) is 5.10 Å². The lowest BCUT2D eigenvalue weighted by Gasteiger charge is -2.46. The van der Waals surface area contributed by atoms with Gasteiger partial charge in [0.1, 0.15) is 0 Å². The molecule has 0 aromatic carbocycles. The molecule has 27 heavy (non-hydrogen) atoms. The van der Waals surface area contributed by atoms with Crippen molar-refractivity contribution < 1.29 is 14.3 Å². The molecule has 0 unspecified atom stereocenters. The number of carbonyl (C=O) groups is 2. The highest BCUT2D eigenvalue weighted by Crippen LogP contribution is 2.38. The van der Waals surface area contributed by atoms with Crippen LogP contribution < -0.4 is 0 Å². The maximum Gasteiger partial charge on any atom is 0.320 e. The second-order valence-electron chi connectivity index (χ2n) is 8.17. The minimum absolute atomic E-state index is 0.0460. The lowest BCUT2D eigenvalue weighted by Crippen LogP contribution is -2.57. The van der Waals surface area contributed by atoms with Crippen molar-refractivity contribution in [1.29, 1.82) is 0 Å². The van der Waals surface area contributed by atoms with Crippen LogP contribution in [0.4, 0.5) is 4.79 Å². The molecule has 148 valence electrons. The molecule has 8 heteroatoms. The smallest absolute Gasteiger partial charge is 0.320 e. The van der Waals surface area contributed by atoms with E-state index in [1.165, 1.54) is 0 Å². The number of rotatable bonds is 2. The van der Waals surface area contributed by atoms with Gasteiger partial charge in [-0.25, -0.2) is 4.79 Å². The zero-order chi connectivity index (χ0) is 19.2. The van der Waals surface area contributed by atoms with E-state index in [2.05, 4.69) is 10.00 Å². The molecule has 0 bridgehead atoms. The van der Waals surface area contributed by atoms with Crippen molar-refractivity contribution in [2.45, 2.75) is 44.2 Å². The van der Waals surface area contributed by atoms with Gasteiger partial charge in [0.05, 0.1) is 16.8 Å². The lowest BCUT2D eigenvalue weighted by atomic mass is 9.86. The summed E-state index contributed by atoms with van der Waals surface area (Å²) in [4.78, 5) is 31.6. The van der Waals surface area contributed by atoms with Gasteiger partial charge in [0.25, 0.3) is 5.91 Å². The Morgan fingerprint density at radius 2 is 1.89 bits per heavy atom. The number of hydrogen-bond donors (Lipinski definition) is 0. The Morgan fingerprint density at radius 1 is 1.22 bits per heavy atom. The van der Waals surface area contributed by atoms with Crippen molar-refractivity contribution in [2.75, 3.05) is 39.9 Å². The topological polar surface area (TPSA) is 70.9 Å². The number of hydrogen-bond acceptors (Lipinski definition) is 4. The van der Waals surface area contributed by atoms with Crippen LogP contribution in [0.25, 0.3) is 0 Å². The molecule has 8 nitrogen and oxygen atoms in total. The second-order valence-corrected chi connectivity index (χ2v) is 8.17. The molecule has 3 aliphatic heterocycles. The first-order valence-corrected chi connectivity index (χ1v) is 9.83. The molecule has 1 spiro atoms. The summed E-state index contributed by atoms with van der Waals surface area (Å²) in [5.74, 6) is 0.0460. The predicted octanol–water partition coefficient (Wildman–Crippen LogP) is 1.25. The third kappa shape index (κ3) is 3.09. The van der Waals surface area contributed by atoms with E-state index in [1.54, 1.807) is 10.9 Å². The van der Waals surface area contributed by atoms with E-state index in [0.29, 0.717) is 18.7 Å². The Labute approximate surface area is 160 Å². The van der Waals surface area contributed by atoms with E-state index < -0.39 is 0 Å². The van der Waals surface area contributed by atoms with E-state index in [-0.39, 0.29) is 23.5 Å². The summed E-state index contributed by atoms with van der Waals surface area (Å²) in [5.41, 5.74) is 1.34. The van der Waals surface area contributed by atoms with Crippen molar-refractivity contribution >= 4 is 11.9 Å². The third-order valence-corrected chi connectivity index (χ3v) is 6.36. The molecule has 0 saturated carbocycles. The van der Waals surface area contributed by atoms with Gasteiger partial charge in [-0.3, -0.25) is 9.48 Å². The van der Waals surface area contributed by atoms with Crippen LogP contribution in [-0.4, -0.2) is 87.9 Å². The van der Waals surface area contributed by atoms with Crippen LogP contribution in [0.3, 0.4) is 0 Å². The first-order valence-electron chi connectivity index (χ1n) is 9.83. The normalized spacial score (nSPS) is 23.5. The van der Waals surface area contributed by atoms with Gasteiger partial charge in [0.2, 0.25) is 0 Å². The number of aryl methyl sites for hydroxylation is 2. The average molecular weight is 375 g/mol. The first kappa shape index (κ1) is 18.3. The maximum absolute atomic E-state index is 12.9. The largest absolute Gasteiger partial charge is 0.381 e. The molecule has 3 amide bonds. The molecule has 1 aromatic rings. The highest BCUT2D eigenvalue weighted by atomic mass is 16.5. The summed E-state index contributed by atoms with van der Waals surface area (Å²) in [7, 11) is 3.72. The fourth-order valence-electron chi connectivity index (χ4n) is 4.97. The number of amides is 3. The van der Waals surface area contributed by atoms with Crippen LogP contribution in [0.1, 0.15) is 41.7 Å². The number of likely N-dealkylation sites (N-methyl/N-ethyl adjacent to an activating group) is 1. The molecule has 3 fully saturated rings. The van der Waals surface area contributed by atoms with Gasteiger partial charge in [-0.1, -0.05) is 0 Å². The van der Waals surface area contributed by atoms with Crippen LogP contribution in [0.5, 0.6) is 0 Å². The van der Waals surface area contributed by atoms with Crippen molar-refractivity contribution in [3.63, 3.8) is 0 Å². The van der Waals surface area contributed by atoms with E-state index in [0.717, 1.165) is 51.1 Å². The number of nitrogens with zero attached hydrogens (tertiary/aromatic N) is 5. The van der Waals surface area contributed by atoms with Gasteiger partial charge in [-0.05, 0) is 32.6 Å². The molecule has 3 aliphatic rings. The minimum atomic E-state index is -0.0964. The molecule has 0 atom stereocenters. The summed E-state index contributed by atoms with van der Waals surface area (Å²) in [5, 5.41) is 4.28. The number of likely N-dealkylation sites (tertiary alicyclic amines) is 1. The highest BCUT2D eigenvalue weighted by Gasteiger charge is 2.52. The van der Waals surface area contributed by atoms with Gasteiger partial charge in [0.15, 0.2) is 0 Å². The van der Waals surface area contributed by atoms with Crippen molar-refractivity contribution in [1.82, 2.24) is 24.5 Å². The quantitative estimate of drug-likeness (QED) is 0.780. The molecular formula is C19H29N5O3. The van der Waals surface area contributed by atoms with E-state index in [1.807, 2.05) is 30.8 Å². The maximum atomic E-state index is 12.9. The average Bonchev–Trinajstić information content (AvgIpc) is 3.11. The van der Waals surface area contributed by atoms with E-state index in [9.17, 15) is 9.59 Å². The number of carbonyl (C=O) groups excluding carboxylic acids is 2. The van der Waals surface area contributed by atoms with Gasteiger partial charge < -0.3 is 19.4 Å². The van der Waals surface area contributed by atoms with Gasteiger partial charge in [0, 0.05) is 59.2 Å². The van der Waals surface area contributed by atoms with Crippen molar-refractivity contribution in [2.24, 2.45) is 7.05 Å². The molecular weight excluding hydrogens is 346 g/mol. The summed E-state index contributed by atoms with van der Waals surface area (Å²) < 4.78 is 7.24. The fourth-order valence-corrected chi connectivity index (χ4v) is 4.97.